The molecule has 2 aromatic carbocycles. The molecular formula is C18H16N2O. The standard InChI is InChI=1S/C18H16N2O/c1-20-16-11-6-5-10-15(16)18(17(20)21,12-7-13-19)14-8-3-2-4-9-14/h2-6,8-11H,7,12H2,1H3/t18-/m1/s1. The number of likely N-dealkylation sites (N-methyl/N-ethyl adjacent to an activating group) is 1. The fraction of sp³-hybridized carbons (Fsp3) is 0.222. The topological polar surface area (TPSA) is 44.1 Å². The maximum absolute atomic E-state index is 13.0. The van der Waals surface area contributed by atoms with Crippen molar-refractivity contribution in [3.63, 3.8) is 0 Å². The fourth-order valence-electron chi connectivity index (χ4n) is 3.27. The van der Waals surface area contributed by atoms with Gasteiger partial charge in [-0.15, -0.1) is 0 Å². The number of carbonyl (C=O) groups excluding carboxylic acids is 1. The molecule has 0 aliphatic carbocycles. The Kier molecular flexibility index (Phi) is 3.23. The Morgan fingerprint density at radius 1 is 1.10 bits per heavy atom. The second-order valence-corrected chi connectivity index (χ2v) is 5.31. The van der Waals surface area contributed by atoms with Crippen LogP contribution in [-0.4, -0.2) is 13.0 Å². The van der Waals surface area contributed by atoms with Crippen LogP contribution in [-0.2, 0) is 10.2 Å². The first kappa shape index (κ1) is 13.4. The minimum atomic E-state index is -0.734. The van der Waals surface area contributed by atoms with Crippen LogP contribution >= 0.6 is 0 Å². The molecule has 0 saturated heterocycles. The molecule has 2 aromatic rings. The van der Waals surface area contributed by atoms with Gasteiger partial charge in [-0.3, -0.25) is 4.79 Å². The van der Waals surface area contributed by atoms with E-state index < -0.39 is 5.41 Å². The predicted octanol–water partition coefficient (Wildman–Crippen LogP) is 3.25. The van der Waals surface area contributed by atoms with Crippen LogP contribution < -0.4 is 4.90 Å². The van der Waals surface area contributed by atoms with Gasteiger partial charge in [-0.25, -0.2) is 0 Å². The quantitative estimate of drug-likeness (QED) is 0.863. The minimum Gasteiger partial charge on any atom is -0.314 e. The SMILES string of the molecule is CN1C(=O)[C@](CCC#N)(c2ccccc2)c2ccccc21. The average Bonchev–Trinajstić information content (AvgIpc) is 2.76. The third-order valence-electron chi connectivity index (χ3n) is 4.27. The van der Waals surface area contributed by atoms with Crippen molar-refractivity contribution >= 4 is 11.6 Å². The van der Waals surface area contributed by atoms with Gasteiger partial charge in [0.25, 0.3) is 0 Å². The highest BCUT2D eigenvalue weighted by molar-refractivity contribution is 6.10. The van der Waals surface area contributed by atoms with Crippen LogP contribution in [0, 0.1) is 11.3 Å². The molecular weight excluding hydrogens is 260 g/mol. The van der Waals surface area contributed by atoms with Crippen LogP contribution in [0.3, 0.4) is 0 Å². The molecule has 3 rings (SSSR count). The third kappa shape index (κ3) is 1.84. The smallest absolute Gasteiger partial charge is 0.241 e. The van der Waals surface area contributed by atoms with Gasteiger partial charge in [-0.1, -0.05) is 48.5 Å². The van der Waals surface area contributed by atoms with Crippen molar-refractivity contribution < 1.29 is 4.79 Å². The van der Waals surface area contributed by atoms with Gasteiger partial charge in [0.2, 0.25) is 5.91 Å². The Morgan fingerprint density at radius 2 is 1.76 bits per heavy atom. The Balaban J connectivity index is 2.26. The molecule has 0 saturated carbocycles. The molecule has 1 aliphatic heterocycles. The summed E-state index contributed by atoms with van der Waals surface area (Å²) in [6.07, 6.45) is 0.858. The van der Waals surface area contributed by atoms with Gasteiger partial charge in [-0.05, 0) is 23.6 Å². The van der Waals surface area contributed by atoms with Crippen molar-refractivity contribution in [1.82, 2.24) is 0 Å². The molecule has 0 unspecified atom stereocenters. The van der Waals surface area contributed by atoms with E-state index in [2.05, 4.69) is 6.07 Å². The first-order valence-corrected chi connectivity index (χ1v) is 7.02. The van der Waals surface area contributed by atoms with Crippen molar-refractivity contribution in [2.75, 3.05) is 11.9 Å². The van der Waals surface area contributed by atoms with Crippen LogP contribution in [0.1, 0.15) is 24.0 Å². The van der Waals surface area contributed by atoms with Crippen molar-refractivity contribution in [2.45, 2.75) is 18.3 Å². The third-order valence-corrected chi connectivity index (χ3v) is 4.27. The highest BCUT2D eigenvalue weighted by Gasteiger charge is 2.50. The first-order valence-electron chi connectivity index (χ1n) is 7.02. The van der Waals surface area contributed by atoms with Gasteiger partial charge in [0.05, 0.1) is 6.07 Å². The van der Waals surface area contributed by atoms with Gasteiger partial charge in [0, 0.05) is 19.2 Å². The van der Waals surface area contributed by atoms with Crippen LogP contribution in [0.2, 0.25) is 0 Å². The van der Waals surface area contributed by atoms with Gasteiger partial charge in [0.15, 0.2) is 0 Å². The number of nitriles is 1. The van der Waals surface area contributed by atoms with Gasteiger partial charge < -0.3 is 4.90 Å². The number of rotatable bonds is 3. The largest absolute Gasteiger partial charge is 0.314 e. The second-order valence-electron chi connectivity index (χ2n) is 5.31. The van der Waals surface area contributed by atoms with Crippen LogP contribution in [0.15, 0.2) is 54.6 Å². The number of fused-ring (bicyclic) bond motifs is 1. The van der Waals surface area contributed by atoms with E-state index in [1.54, 1.807) is 11.9 Å². The van der Waals surface area contributed by atoms with E-state index in [-0.39, 0.29) is 5.91 Å². The molecule has 3 heteroatoms. The first-order chi connectivity index (χ1) is 10.2. The number of nitrogens with zero attached hydrogens (tertiary/aromatic N) is 2. The Morgan fingerprint density at radius 3 is 2.48 bits per heavy atom. The summed E-state index contributed by atoms with van der Waals surface area (Å²) in [5.41, 5.74) is 2.16. The van der Waals surface area contributed by atoms with Crippen molar-refractivity contribution in [2.24, 2.45) is 0 Å². The lowest BCUT2D eigenvalue weighted by atomic mass is 9.72. The van der Waals surface area contributed by atoms with Gasteiger partial charge in [-0.2, -0.15) is 5.26 Å². The summed E-state index contributed by atoms with van der Waals surface area (Å²) >= 11 is 0. The van der Waals surface area contributed by atoms with Crippen molar-refractivity contribution in [1.29, 1.82) is 5.26 Å². The monoisotopic (exact) mass is 276 g/mol. The van der Waals surface area contributed by atoms with Gasteiger partial charge >= 0.3 is 0 Å². The maximum Gasteiger partial charge on any atom is 0.241 e. The molecule has 1 aliphatic rings. The second kappa shape index (κ2) is 5.06. The Labute approximate surface area is 124 Å². The van der Waals surface area contributed by atoms with Gasteiger partial charge in [0.1, 0.15) is 5.41 Å². The summed E-state index contributed by atoms with van der Waals surface area (Å²) in [5.74, 6) is 0.0464. The molecule has 1 atom stereocenters. The zero-order valence-corrected chi connectivity index (χ0v) is 11.9. The van der Waals surface area contributed by atoms with E-state index in [9.17, 15) is 4.79 Å². The predicted molar refractivity (Wildman–Crippen MR) is 81.9 cm³/mol. The van der Waals surface area contributed by atoms with E-state index >= 15 is 0 Å². The molecule has 3 nitrogen and oxygen atoms in total. The number of hydrogen-bond acceptors (Lipinski definition) is 2. The lowest BCUT2D eigenvalue weighted by Gasteiger charge is -2.28. The number of carbonyl (C=O) groups is 1. The summed E-state index contributed by atoms with van der Waals surface area (Å²) in [7, 11) is 1.80. The Bertz CT molecular complexity index is 717. The molecule has 0 spiro atoms. The highest BCUT2D eigenvalue weighted by Crippen LogP contribution is 2.48. The molecule has 0 radical (unpaired) electrons. The Hall–Kier alpha value is -2.60. The minimum absolute atomic E-state index is 0.0464. The lowest BCUT2D eigenvalue weighted by Crippen LogP contribution is -2.39. The molecule has 1 amide bonds. The molecule has 0 aromatic heterocycles. The highest BCUT2D eigenvalue weighted by atomic mass is 16.2. The number of benzene rings is 2. The zero-order chi connectivity index (χ0) is 14.9. The summed E-state index contributed by atoms with van der Waals surface area (Å²) in [6, 6.07) is 19.8. The molecule has 1 heterocycles. The zero-order valence-electron chi connectivity index (χ0n) is 11.9. The maximum atomic E-state index is 13.0. The van der Waals surface area contributed by atoms with Crippen molar-refractivity contribution in [3.05, 3.63) is 65.7 Å². The molecule has 0 bridgehead atoms. The molecule has 0 N–H and O–H groups in total. The molecule has 104 valence electrons. The number of para-hydroxylation sites is 1. The fourth-order valence-corrected chi connectivity index (χ4v) is 3.27. The molecule has 21 heavy (non-hydrogen) atoms. The van der Waals surface area contributed by atoms with E-state index in [0.29, 0.717) is 12.8 Å². The summed E-state index contributed by atoms with van der Waals surface area (Å²) in [6.45, 7) is 0. The van der Waals surface area contributed by atoms with Crippen molar-refractivity contribution in [3.8, 4) is 6.07 Å². The van der Waals surface area contributed by atoms with E-state index in [0.717, 1.165) is 16.8 Å². The van der Waals surface area contributed by atoms with Crippen LogP contribution in [0.25, 0.3) is 0 Å². The summed E-state index contributed by atoms with van der Waals surface area (Å²) < 4.78 is 0. The lowest BCUT2D eigenvalue weighted by molar-refractivity contribution is -0.121. The van der Waals surface area contributed by atoms with E-state index in [1.165, 1.54) is 0 Å². The summed E-state index contributed by atoms with van der Waals surface area (Å²) in [5, 5.41) is 9.01. The number of amides is 1. The average molecular weight is 276 g/mol. The van der Waals surface area contributed by atoms with E-state index in [1.807, 2.05) is 54.6 Å². The normalized spacial score (nSPS) is 20.2. The van der Waals surface area contributed by atoms with Crippen LogP contribution in [0.4, 0.5) is 5.69 Å². The van der Waals surface area contributed by atoms with E-state index in [4.69, 9.17) is 5.26 Å². The van der Waals surface area contributed by atoms with Crippen LogP contribution in [0.5, 0.6) is 0 Å². The molecule has 0 fully saturated rings. The summed E-state index contributed by atoms with van der Waals surface area (Å²) in [4.78, 5) is 14.7. The number of anilines is 1. The number of hydrogen-bond donors (Lipinski definition) is 0.